The van der Waals surface area contributed by atoms with Crippen LogP contribution in [0, 0.1) is 0 Å². The number of aromatic amines is 1. The summed E-state index contributed by atoms with van der Waals surface area (Å²) in [5.74, 6) is 0. The Bertz CT molecular complexity index is 587. The second-order valence-corrected chi connectivity index (χ2v) is 4.18. The van der Waals surface area contributed by atoms with Crippen LogP contribution in [0.4, 0.5) is 5.69 Å². The number of benzene rings is 1. The Morgan fingerprint density at radius 2 is 2.14 bits per heavy atom. The maximum atomic E-state index is 10.9. The Labute approximate surface area is 79.5 Å². The minimum absolute atomic E-state index is 0.199. The number of aromatic nitrogens is 2. The summed E-state index contributed by atoms with van der Waals surface area (Å²) in [5.41, 5.74) is 6.35. The van der Waals surface area contributed by atoms with Gasteiger partial charge in [-0.1, -0.05) is 0 Å². The van der Waals surface area contributed by atoms with E-state index in [0.717, 1.165) is 0 Å². The van der Waals surface area contributed by atoms with Crippen molar-refractivity contribution in [3.8, 4) is 0 Å². The van der Waals surface area contributed by atoms with Gasteiger partial charge in [-0.3, -0.25) is 9.65 Å². The van der Waals surface area contributed by atoms with Crippen LogP contribution in [0.2, 0.25) is 0 Å². The van der Waals surface area contributed by atoms with E-state index in [1.165, 1.54) is 18.3 Å². The molecule has 7 heteroatoms. The Morgan fingerprint density at radius 3 is 2.79 bits per heavy atom. The summed E-state index contributed by atoms with van der Waals surface area (Å²) in [6.45, 7) is 0. The van der Waals surface area contributed by atoms with Gasteiger partial charge in [-0.25, -0.2) is 0 Å². The zero-order valence-electron chi connectivity index (χ0n) is 6.93. The molecule has 0 aliphatic rings. The highest BCUT2D eigenvalue weighted by atomic mass is 32.2. The number of nitrogens with zero attached hydrogens (tertiary/aromatic N) is 1. The summed E-state index contributed by atoms with van der Waals surface area (Å²) in [5, 5.41) is 6.49. The number of H-pyrrole nitrogens is 1. The van der Waals surface area contributed by atoms with Crippen molar-refractivity contribution in [2.75, 3.05) is 5.73 Å². The van der Waals surface area contributed by atoms with Crippen LogP contribution in [0.5, 0.6) is 0 Å². The monoisotopic (exact) mass is 213 g/mol. The van der Waals surface area contributed by atoms with E-state index in [1.807, 2.05) is 0 Å². The van der Waals surface area contributed by atoms with E-state index >= 15 is 0 Å². The maximum absolute atomic E-state index is 10.9. The first-order valence-corrected chi connectivity index (χ1v) is 5.13. The third-order valence-corrected chi connectivity index (χ3v) is 2.80. The molecule has 74 valence electrons. The molecule has 0 aliphatic carbocycles. The van der Waals surface area contributed by atoms with Gasteiger partial charge in [0.15, 0.2) is 0 Å². The van der Waals surface area contributed by atoms with E-state index in [1.54, 1.807) is 0 Å². The highest BCUT2D eigenvalue weighted by molar-refractivity contribution is 7.86. The van der Waals surface area contributed by atoms with Crippen molar-refractivity contribution in [1.29, 1.82) is 0 Å². The molecular formula is C7H7N3O3S. The Morgan fingerprint density at radius 1 is 1.43 bits per heavy atom. The second-order valence-electron chi connectivity index (χ2n) is 2.79. The van der Waals surface area contributed by atoms with Gasteiger partial charge in [0.2, 0.25) is 0 Å². The van der Waals surface area contributed by atoms with Gasteiger partial charge in [0.1, 0.15) is 4.90 Å². The van der Waals surface area contributed by atoms with Crippen molar-refractivity contribution in [2.45, 2.75) is 4.90 Å². The average molecular weight is 213 g/mol. The normalized spacial score (nSPS) is 12.1. The topological polar surface area (TPSA) is 109 Å². The molecule has 0 unspecified atom stereocenters. The minimum atomic E-state index is -4.23. The molecule has 0 fully saturated rings. The summed E-state index contributed by atoms with van der Waals surface area (Å²) >= 11 is 0. The first kappa shape index (κ1) is 8.97. The van der Waals surface area contributed by atoms with Crippen molar-refractivity contribution < 1.29 is 13.0 Å². The van der Waals surface area contributed by atoms with Crippen LogP contribution in [0.15, 0.2) is 23.2 Å². The molecule has 0 atom stereocenters. The highest BCUT2D eigenvalue weighted by Crippen LogP contribution is 2.25. The number of nitrogens with two attached hydrogens (primary N) is 1. The number of rotatable bonds is 1. The lowest BCUT2D eigenvalue weighted by Crippen LogP contribution is -1.99. The number of nitrogen functional groups attached to an aromatic ring is 1. The minimum Gasteiger partial charge on any atom is -0.397 e. The van der Waals surface area contributed by atoms with Crippen molar-refractivity contribution in [3.63, 3.8) is 0 Å². The average Bonchev–Trinajstić information content (AvgIpc) is 2.50. The van der Waals surface area contributed by atoms with Gasteiger partial charge < -0.3 is 5.73 Å². The van der Waals surface area contributed by atoms with Crippen molar-refractivity contribution in [1.82, 2.24) is 10.2 Å². The van der Waals surface area contributed by atoms with Gasteiger partial charge in [-0.15, -0.1) is 0 Å². The molecule has 1 heterocycles. The molecule has 2 aromatic rings. The van der Waals surface area contributed by atoms with Gasteiger partial charge in [0.05, 0.1) is 17.4 Å². The fourth-order valence-corrected chi connectivity index (χ4v) is 1.93. The van der Waals surface area contributed by atoms with Crippen LogP contribution in [0.25, 0.3) is 10.9 Å². The largest absolute Gasteiger partial charge is 0.397 e. The second kappa shape index (κ2) is 2.69. The van der Waals surface area contributed by atoms with Gasteiger partial charge in [0, 0.05) is 5.39 Å². The van der Waals surface area contributed by atoms with Crippen molar-refractivity contribution in [2.24, 2.45) is 0 Å². The molecule has 1 aromatic carbocycles. The standard InChI is InChI=1S/C7H7N3O3S/c8-5-1-2-6(14(11,12)13)4-3-9-10-7(4)5/h1-3H,8H2,(H,9,10)(H,11,12,13). The van der Waals surface area contributed by atoms with Crippen LogP contribution in [-0.2, 0) is 10.1 Å². The highest BCUT2D eigenvalue weighted by Gasteiger charge is 2.15. The number of fused-ring (bicyclic) bond motifs is 1. The molecule has 0 bridgehead atoms. The van der Waals surface area contributed by atoms with Crippen molar-refractivity contribution >= 4 is 26.7 Å². The molecular weight excluding hydrogens is 206 g/mol. The Kier molecular flexibility index (Phi) is 1.73. The van der Waals surface area contributed by atoms with Gasteiger partial charge in [-0.05, 0) is 12.1 Å². The lowest BCUT2D eigenvalue weighted by Gasteiger charge is -2.00. The molecule has 0 saturated heterocycles. The lowest BCUT2D eigenvalue weighted by atomic mass is 10.2. The molecule has 4 N–H and O–H groups in total. The van der Waals surface area contributed by atoms with Crippen LogP contribution < -0.4 is 5.73 Å². The Hall–Kier alpha value is -1.60. The molecule has 2 rings (SSSR count). The number of hydrogen-bond donors (Lipinski definition) is 3. The van der Waals surface area contributed by atoms with Crippen molar-refractivity contribution in [3.05, 3.63) is 18.3 Å². The first-order valence-electron chi connectivity index (χ1n) is 3.69. The lowest BCUT2D eigenvalue weighted by molar-refractivity contribution is 0.484. The van der Waals surface area contributed by atoms with E-state index in [2.05, 4.69) is 10.2 Å². The quantitative estimate of drug-likeness (QED) is 0.469. The van der Waals surface area contributed by atoms with E-state index in [-0.39, 0.29) is 10.3 Å². The third kappa shape index (κ3) is 1.22. The van der Waals surface area contributed by atoms with Gasteiger partial charge in [0.25, 0.3) is 10.1 Å². The van der Waals surface area contributed by atoms with Crippen LogP contribution >= 0.6 is 0 Å². The number of nitrogens with one attached hydrogen (secondary N) is 1. The summed E-state index contributed by atoms with van der Waals surface area (Å²) in [7, 11) is -4.23. The van der Waals surface area contributed by atoms with E-state index in [0.29, 0.717) is 11.2 Å². The van der Waals surface area contributed by atoms with E-state index in [4.69, 9.17) is 10.3 Å². The van der Waals surface area contributed by atoms with E-state index < -0.39 is 10.1 Å². The first-order chi connectivity index (χ1) is 6.50. The molecule has 0 spiro atoms. The third-order valence-electron chi connectivity index (χ3n) is 1.89. The molecule has 0 saturated carbocycles. The Balaban J connectivity index is 2.93. The van der Waals surface area contributed by atoms with Gasteiger partial charge in [-0.2, -0.15) is 13.5 Å². The number of hydrogen-bond acceptors (Lipinski definition) is 4. The summed E-state index contributed by atoms with van der Waals surface area (Å²) in [6.07, 6.45) is 1.30. The molecule has 14 heavy (non-hydrogen) atoms. The summed E-state index contributed by atoms with van der Waals surface area (Å²) in [6, 6.07) is 2.63. The SMILES string of the molecule is Nc1ccc(S(=O)(=O)O)c2cn[nH]c12. The van der Waals surface area contributed by atoms with Crippen LogP contribution in [-0.4, -0.2) is 23.2 Å². The predicted molar refractivity (Wildman–Crippen MR) is 50.3 cm³/mol. The fourth-order valence-electron chi connectivity index (χ4n) is 1.26. The molecule has 1 aromatic heterocycles. The molecule has 0 aliphatic heterocycles. The van der Waals surface area contributed by atoms with Gasteiger partial charge >= 0.3 is 0 Å². The number of anilines is 1. The smallest absolute Gasteiger partial charge is 0.295 e. The molecule has 6 nitrogen and oxygen atoms in total. The summed E-state index contributed by atoms with van der Waals surface area (Å²) in [4.78, 5) is -0.199. The van der Waals surface area contributed by atoms with Crippen LogP contribution in [0.1, 0.15) is 0 Å². The molecule has 0 amide bonds. The zero-order chi connectivity index (χ0) is 10.3. The molecule has 0 radical (unpaired) electrons. The van der Waals surface area contributed by atoms with Crippen LogP contribution in [0.3, 0.4) is 0 Å². The fraction of sp³-hybridized carbons (Fsp3) is 0. The zero-order valence-corrected chi connectivity index (χ0v) is 7.75. The van der Waals surface area contributed by atoms with E-state index in [9.17, 15) is 8.42 Å². The predicted octanol–water partition coefficient (Wildman–Crippen LogP) is 0.392. The summed E-state index contributed by atoms with van der Waals surface area (Å²) < 4.78 is 30.7. The maximum Gasteiger partial charge on any atom is 0.295 e.